The monoisotopic (exact) mass is 354 g/mol. The van der Waals surface area contributed by atoms with Gasteiger partial charge < -0.3 is 4.42 Å². The maximum atomic E-state index is 6.12. The van der Waals surface area contributed by atoms with Crippen LogP contribution in [0, 0.1) is 0 Å². The molecule has 0 radical (unpaired) electrons. The van der Waals surface area contributed by atoms with Crippen LogP contribution in [-0.4, -0.2) is 0 Å². The highest BCUT2D eigenvalue weighted by molar-refractivity contribution is 6.31. The van der Waals surface area contributed by atoms with E-state index in [9.17, 15) is 0 Å². The zero-order valence-corrected chi connectivity index (χ0v) is 14.7. The summed E-state index contributed by atoms with van der Waals surface area (Å²) in [5.41, 5.74) is 6.48. The van der Waals surface area contributed by atoms with E-state index in [1.165, 1.54) is 22.3 Å². The van der Waals surface area contributed by atoms with E-state index in [1.54, 1.807) is 0 Å². The van der Waals surface area contributed by atoms with Crippen molar-refractivity contribution in [2.45, 2.75) is 0 Å². The molecule has 0 atom stereocenters. The van der Waals surface area contributed by atoms with Crippen LogP contribution in [0.2, 0.25) is 5.02 Å². The van der Waals surface area contributed by atoms with Crippen molar-refractivity contribution in [3.05, 3.63) is 96.0 Å². The molecule has 4 aromatic carbocycles. The van der Waals surface area contributed by atoms with Crippen molar-refractivity contribution < 1.29 is 4.42 Å². The normalized spacial score (nSPS) is 11.3. The highest BCUT2D eigenvalue weighted by Gasteiger charge is 2.12. The summed E-state index contributed by atoms with van der Waals surface area (Å²) in [7, 11) is 0. The van der Waals surface area contributed by atoms with Gasteiger partial charge in [0.05, 0.1) is 0 Å². The van der Waals surface area contributed by atoms with Crippen LogP contribution in [0.5, 0.6) is 0 Å². The molecule has 0 bridgehead atoms. The molecule has 5 rings (SSSR count). The summed E-state index contributed by atoms with van der Waals surface area (Å²) in [6, 6.07) is 31.1. The molecule has 0 saturated heterocycles. The maximum Gasteiger partial charge on any atom is 0.136 e. The Bertz CT molecular complexity index is 1220. The zero-order valence-electron chi connectivity index (χ0n) is 13.9. The molecular formula is C24H15ClO. The number of rotatable bonds is 2. The molecule has 1 heterocycles. The fourth-order valence-corrected chi connectivity index (χ4v) is 3.68. The van der Waals surface area contributed by atoms with Gasteiger partial charge in [-0.25, -0.2) is 0 Å². The first-order valence-corrected chi connectivity index (χ1v) is 8.94. The minimum absolute atomic E-state index is 0.685. The first kappa shape index (κ1) is 15.2. The molecule has 0 amide bonds. The highest BCUT2D eigenvalue weighted by atomic mass is 35.5. The van der Waals surface area contributed by atoms with E-state index in [4.69, 9.17) is 16.0 Å². The third-order valence-electron chi connectivity index (χ3n) is 4.76. The van der Waals surface area contributed by atoms with Gasteiger partial charge in [0.15, 0.2) is 0 Å². The number of fused-ring (bicyclic) bond motifs is 3. The number of hydrogen-bond donors (Lipinski definition) is 0. The predicted octanol–water partition coefficient (Wildman–Crippen LogP) is 7.57. The molecule has 2 heteroatoms. The lowest BCUT2D eigenvalue weighted by Crippen LogP contribution is -1.81. The molecule has 1 nitrogen and oxygen atoms in total. The average molecular weight is 355 g/mol. The fraction of sp³-hybridized carbons (Fsp3) is 0. The first-order chi connectivity index (χ1) is 12.8. The van der Waals surface area contributed by atoms with E-state index in [1.807, 2.05) is 36.4 Å². The topological polar surface area (TPSA) is 13.1 Å². The van der Waals surface area contributed by atoms with Gasteiger partial charge in [0.2, 0.25) is 0 Å². The lowest BCUT2D eigenvalue weighted by molar-refractivity contribution is 0.669. The summed E-state index contributed by atoms with van der Waals surface area (Å²) in [5, 5.41) is 2.91. The van der Waals surface area contributed by atoms with E-state index in [0.717, 1.165) is 21.9 Å². The van der Waals surface area contributed by atoms with Crippen LogP contribution in [0.25, 0.3) is 44.2 Å². The van der Waals surface area contributed by atoms with Crippen molar-refractivity contribution in [1.29, 1.82) is 0 Å². The van der Waals surface area contributed by atoms with Gasteiger partial charge in [0, 0.05) is 21.9 Å². The number of hydrogen-bond acceptors (Lipinski definition) is 1. The van der Waals surface area contributed by atoms with Gasteiger partial charge in [0.25, 0.3) is 0 Å². The van der Waals surface area contributed by atoms with Gasteiger partial charge in [-0.1, -0.05) is 78.3 Å². The van der Waals surface area contributed by atoms with Crippen LogP contribution in [-0.2, 0) is 0 Å². The summed E-state index contributed by atoms with van der Waals surface area (Å²) >= 11 is 6.12. The number of halogens is 1. The van der Waals surface area contributed by atoms with Crippen molar-refractivity contribution in [3.8, 4) is 22.3 Å². The highest BCUT2D eigenvalue weighted by Crippen LogP contribution is 2.37. The molecule has 0 aliphatic heterocycles. The van der Waals surface area contributed by atoms with Crippen LogP contribution < -0.4 is 0 Å². The Balaban J connectivity index is 1.68. The van der Waals surface area contributed by atoms with Crippen LogP contribution in [0.3, 0.4) is 0 Å². The van der Waals surface area contributed by atoms with Crippen molar-refractivity contribution in [1.82, 2.24) is 0 Å². The molecule has 0 unspecified atom stereocenters. The minimum Gasteiger partial charge on any atom is -0.456 e. The molecule has 0 aliphatic carbocycles. The van der Waals surface area contributed by atoms with Crippen LogP contribution in [0.15, 0.2) is 95.4 Å². The lowest BCUT2D eigenvalue weighted by Gasteiger charge is -2.06. The molecule has 0 saturated carbocycles. The van der Waals surface area contributed by atoms with Crippen LogP contribution in [0.4, 0.5) is 0 Å². The molecule has 0 N–H and O–H groups in total. The predicted molar refractivity (Wildman–Crippen MR) is 110 cm³/mol. The second kappa shape index (κ2) is 6.05. The van der Waals surface area contributed by atoms with E-state index in [2.05, 4.69) is 54.6 Å². The van der Waals surface area contributed by atoms with E-state index >= 15 is 0 Å². The third-order valence-corrected chi connectivity index (χ3v) is 5.00. The van der Waals surface area contributed by atoms with E-state index in [0.29, 0.717) is 5.02 Å². The summed E-state index contributed by atoms with van der Waals surface area (Å²) in [5.74, 6) is 0. The second-order valence-corrected chi connectivity index (χ2v) is 6.80. The Kier molecular flexibility index (Phi) is 3.55. The van der Waals surface area contributed by atoms with Gasteiger partial charge in [-0.3, -0.25) is 0 Å². The SMILES string of the molecule is Clc1ccc2c(c1)oc1cccc(-c3ccc(-c4ccccc4)cc3)c12. The van der Waals surface area contributed by atoms with Crippen LogP contribution >= 0.6 is 11.6 Å². The molecule has 5 aromatic rings. The Morgan fingerprint density at radius 3 is 2.12 bits per heavy atom. The lowest BCUT2D eigenvalue weighted by atomic mass is 9.97. The zero-order chi connectivity index (χ0) is 17.5. The van der Waals surface area contributed by atoms with Crippen molar-refractivity contribution in [3.63, 3.8) is 0 Å². The van der Waals surface area contributed by atoms with Crippen molar-refractivity contribution >= 4 is 33.5 Å². The summed E-state index contributed by atoms with van der Waals surface area (Å²) < 4.78 is 6.00. The largest absolute Gasteiger partial charge is 0.456 e. The fourth-order valence-electron chi connectivity index (χ4n) is 3.51. The molecule has 1 aromatic heterocycles. The Morgan fingerprint density at radius 2 is 1.31 bits per heavy atom. The summed E-state index contributed by atoms with van der Waals surface area (Å²) in [4.78, 5) is 0. The third kappa shape index (κ3) is 2.49. The molecule has 0 fully saturated rings. The van der Waals surface area contributed by atoms with Gasteiger partial charge >= 0.3 is 0 Å². The summed E-state index contributed by atoms with van der Waals surface area (Å²) in [6.07, 6.45) is 0. The van der Waals surface area contributed by atoms with Crippen LogP contribution in [0.1, 0.15) is 0 Å². The standard InChI is InChI=1S/C24H15ClO/c25-19-13-14-21-23(15-19)26-22-8-4-7-20(24(21)22)18-11-9-17(10-12-18)16-5-2-1-3-6-16/h1-15H. The Labute approximate surface area is 156 Å². The quantitative estimate of drug-likeness (QED) is 0.318. The Morgan fingerprint density at radius 1 is 0.577 bits per heavy atom. The smallest absolute Gasteiger partial charge is 0.136 e. The molecule has 26 heavy (non-hydrogen) atoms. The molecule has 124 valence electrons. The van der Waals surface area contributed by atoms with Gasteiger partial charge in [-0.05, 0) is 40.5 Å². The molecule has 0 aliphatic rings. The summed E-state index contributed by atoms with van der Waals surface area (Å²) in [6.45, 7) is 0. The maximum absolute atomic E-state index is 6.12. The number of furan rings is 1. The van der Waals surface area contributed by atoms with E-state index < -0.39 is 0 Å². The van der Waals surface area contributed by atoms with E-state index in [-0.39, 0.29) is 0 Å². The van der Waals surface area contributed by atoms with Gasteiger partial charge in [-0.15, -0.1) is 0 Å². The van der Waals surface area contributed by atoms with Gasteiger partial charge in [0.1, 0.15) is 11.2 Å². The second-order valence-electron chi connectivity index (χ2n) is 6.36. The molecule has 0 spiro atoms. The molecular weight excluding hydrogens is 340 g/mol. The number of benzene rings is 4. The average Bonchev–Trinajstić information content (AvgIpc) is 3.06. The van der Waals surface area contributed by atoms with Gasteiger partial charge in [-0.2, -0.15) is 0 Å². The van der Waals surface area contributed by atoms with Crippen molar-refractivity contribution in [2.24, 2.45) is 0 Å². The van der Waals surface area contributed by atoms with Crippen molar-refractivity contribution in [2.75, 3.05) is 0 Å². The first-order valence-electron chi connectivity index (χ1n) is 8.56. The Hall–Kier alpha value is -3.03. The minimum atomic E-state index is 0.685.